The highest BCUT2D eigenvalue weighted by molar-refractivity contribution is 8.00. The van der Waals surface area contributed by atoms with Gasteiger partial charge in [-0.2, -0.15) is 0 Å². The summed E-state index contributed by atoms with van der Waals surface area (Å²) in [5.41, 5.74) is 0.568. The molecule has 2 unspecified atom stereocenters. The fourth-order valence-corrected chi connectivity index (χ4v) is 4.14. The number of carbonyl (C=O) groups is 2. The number of ether oxygens (including phenoxy) is 2. The summed E-state index contributed by atoms with van der Waals surface area (Å²) in [6.45, 7) is 3.19. The van der Waals surface area contributed by atoms with E-state index in [1.807, 2.05) is 6.92 Å². The maximum atomic E-state index is 13.0. The molecule has 0 radical (unpaired) electrons. The lowest BCUT2D eigenvalue weighted by Crippen LogP contribution is -2.50. The Morgan fingerprint density at radius 1 is 1.28 bits per heavy atom. The van der Waals surface area contributed by atoms with Crippen molar-refractivity contribution in [2.75, 3.05) is 33.1 Å². The van der Waals surface area contributed by atoms with Gasteiger partial charge < -0.3 is 19.7 Å². The van der Waals surface area contributed by atoms with E-state index in [-0.39, 0.29) is 17.2 Å². The Labute approximate surface area is 153 Å². The molecule has 0 aromatic heterocycles. The van der Waals surface area contributed by atoms with Crippen molar-refractivity contribution >= 4 is 23.6 Å². The molecule has 0 spiro atoms. The van der Waals surface area contributed by atoms with Gasteiger partial charge in [0, 0.05) is 31.6 Å². The first-order valence-corrected chi connectivity index (χ1v) is 9.52. The molecule has 2 amide bonds. The van der Waals surface area contributed by atoms with Crippen molar-refractivity contribution in [2.24, 2.45) is 0 Å². The molecule has 1 aromatic rings. The van der Waals surface area contributed by atoms with E-state index in [4.69, 9.17) is 9.47 Å². The van der Waals surface area contributed by atoms with E-state index in [9.17, 15) is 9.59 Å². The molecular formula is C18H26N2O4S. The van der Waals surface area contributed by atoms with Gasteiger partial charge in [-0.25, -0.2) is 0 Å². The second-order valence-corrected chi connectivity index (χ2v) is 7.00. The third-order valence-electron chi connectivity index (χ3n) is 4.14. The van der Waals surface area contributed by atoms with E-state index in [0.717, 1.165) is 12.8 Å². The molecule has 1 aliphatic heterocycles. The molecule has 0 saturated carbocycles. The topological polar surface area (TPSA) is 67.9 Å². The predicted molar refractivity (Wildman–Crippen MR) is 99.0 cm³/mol. The fraction of sp³-hybridized carbons (Fsp3) is 0.556. The van der Waals surface area contributed by atoms with Crippen molar-refractivity contribution in [3.05, 3.63) is 29.8 Å². The lowest BCUT2D eigenvalue weighted by molar-refractivity contribution is -0.124. The monoisotopic (exact) mass is 366 g/mol. The van der Waals surface area contributed by atoms with E-state index in [2.05, 4.69) is 5.32 Å². The minimum atomic E-state index is -0.438. The van der Waals surface area contributed by atoms with Crippen LogP contribution in [0.4, 0.5) is 0 Å². The van der Waals surface area contributed by atoms with Gasteiger partial charge in [0.2, 0.25) is 5.91 Å². The van der Waals surface area contributed by atoms with Crippen molar-refractivity contribution in [1.82, 2.24) is 10.2 Å². The van der Waals surface area contributed by atoms with Crippen molar-refractivity contribution in [1.29, 1.82) is 0 Å². The van der Waals surface area contributed by atoms with Crippen LogP contribution in [-0.2, 0) is 9.53 Å². The lowest BCUT2D eigenvalue weighted by atomic mass is 10.1. The summed E-state index contributed by atoms with van der Waals surface area (Å²) in [4.78, 5) is 27.2. The highest BCUT2D eigenvalue weighted by Gasteiger charge is 2.40. The van der Waals surface area contributed by atoms with Crippen LogP contribution in [0, 0.1) is 0 Å². The smallest absolute Gasteiger partial charge is 0.255 e. The first-order chi connectivity index (χ1) is 12.1. The number of methoxy groups -OCH3 is 2. The summed E-state index contributed by atoms with van der Waals surface area (Å²) in [6.07, 6.45) is 1.56. The van der Waals surface area contributed by atoms with E-state index in [1.165, 1.54) is 0 Å². The third-order valence-corrected chi connectivity index (χ3v) is 5.59. The standard InChI is InChI=1S/C18H26N2O4S/c1-4-16-20(18(22)13-6-8-14(24-3)9-7-13)15(12-25-16)17(21)19-10-5-11-23-2/h6-9,15-16H,4-5,10-12H2,1-3H3,(H,19,21). The normalized spacial score (nSPS) is 19.7. The first-order valence-electron chi connectivity index (χ1n) is 8.47. The van der Waals surface area contributed by atoms with Gasteiger partial charge >= 0.3 is 0 Å². The Morgan fingerprint density at radius 3 is 2.60 bits per heavy atom. The molecule has 2 atom stereocenters. The van der Waals surface area contributed by atoms with Crippen molar-refractivity contribution in [2.45, 2.75) is 31.2 Å². The Hall–Kier alpha value is -1.73. The van der Waals surface area contributed by atoms with Gasteiger partial charge in [-0.05, 0) is 37.1 Å². The van der Waals surface area contributed by atoms with Gasteiger partial charge in [0.1, 0.15) is 11.8 Å². The zero-order valence-corrected chi connectivity index (χ0v) is 15.8. The highest BCUT2D eigenvalue weighted by atomic mass is 32.2. The summed E-state index contributed by atoms with van der Waals surface area (Å²) in [5, 5.41) is 2.93. The molecule has 6 nitrogen and oxygen atoms in total. The van der Waals surface area contributed by atoms with Gasteiger partial charge in [0.05, 0.1) is 12.5 Å². The Morgan fingerprint density at radius 2 is 2.00 bits per heavy atom. The van der Waals surface area contributed by atoms with Crippen LogP contribution in [0.3, 0.4) is 0 Å². The van der Waals surface area contributed by atoms with E-state index in [0.29, 0.717) is 30.2 Å². The molecule has 1 heterocycles. The van der Waals surface area contributed by atoms with Gasteiger partial charge in [-0.1, -0.05) is 6.92 Å². The average molecular weight is 366 g/mol. The zero-order valence-electron chi connectivity index (χ0n) is 15.0. The van der Waals surface area contributed by atoms with Crippen LogP contribution in [0.2, 0.25) is 0 Å². The molecule has 2 rings (SSSR count). The number of benzene rings is 1. The average Bonchev–Trinajstić information content (AvgIpc) is 3.08. The number of rotatable bonds is 8. The van der Waals surface area contributed by atoms with Gasteiger partial charge in [0.25, 0.3) is 5.91 Å². The number of amides is 2. The van der Waals surface area contributed by atoms with Crippen LogP contribution in [0.1, 0.15) is 30.1 Å². The summed E-state index contributed by atoms with van der Waals surface area (Å²) in [6, 6.07) is 6.57. The number of thioether (sulfide) groups is 1. The van der Waals surface area contributed by atoms with Gasteiger partial charge in [-0.15, -0.1) is 11.8 Å². The number of hydrogen-bond donors (Lipinski definition) is 1. The zero-order chi connectivity index (χ0) is 18.2. The molecule has 1 fully saturated rings. The second-order valence-electron chi connectivity index (χ2n) is 5.79. The summed E-state index contributed by atoms with van der Waals surface area (Å²) < 4.78 is 10.1. The largest absolute Gasteiger partial charge is 0.497 e. The highest BCUT2D eigenvalue weighted by Crippen LogP contribution is 2.33. The Balaban J connectivity index is 2.09. The van der Waals surface area contributed by atoms with Crippen molar-refractivity contribution < 1.29 is 19.1 Å². The Bertz CT molecular complexity index is 579. The van der Waals surface area contributed by atoms with Crippen LogP contribution in [-0.4, -0.2) is 61.3 Å². The van der Waals surface area contributed by atoms with Crippen LogP contribution in [0.15, 0.2) is 24.3 Å². The van der Waals surface area contributed by atoms with Crippen LogP contribution in [0.25, 0.3) is 0 Å². The maximum absolute atomic E-state index is 13.0. The molecule has 1 saturated heterocycles. The molecule has 7 heteroatoms. The summed E-state index contributed by atoms with van der Waals surface area (Å²) in [7, 11) is 3.22. The minimum absolute atomic E-state index is 0.0179. The molecule has 25 heavy (non-hydrogen) atoms. The Kier molecular flexibility index (Phi) is 7.58. The van der Waals surface area contributed by atoms with Crippen LogP contribution in [0.5, 0.6) is 5.75 Å². The maximum Gasteiger partial charge on any atom is 0.255 e. The fourth-order valence-electron chi connectivity index (χ4n) is 2.78. The van der Waals surface area contributed by atoms with E-state index >= 15 is 0 Å². The molecule has 1 aromatic carbocycles. The molecule has 0 aliphatic carbocycles. The lowest BCUT2D eigenvalue weighted by Gasteiger charge is -2.28. The van der Waals surface area contributed by atoms with E-state index < -0.39 is 6.04 Å². The van der Waals surface area contributed by atoms with Crippen molar-refractivity contribution in [3.8, 4) is 5.75 Å². The SMILES string of the molecule is CCC1SCC(C(=O)NCCCOC)N1C(=O)c1ccc(OC)cc1. The van der Waals surface area contributed by atoms with Gasteiger partial charge in [-0.3, -0.25) is 9.59 Å². The molecule has 138 valence electrons. The summed E-state index contributed by atoms with van der Waals surface area (Å²) in [5.74, 6) is 1.11. The minimum Gasteiger partial charge on any atom is -0.497 e. The predicted octanol–water partition coefficient (Wildman–Crippen LogP) is 2.14. The first kappa shape index (κ1) is 19.6. The third kappa shape index (κ3) is 4.89. The molecule has 1 aliphatic rings. The second kappa shape index (κ2) is 9.68. The number of nitrogens with zero attached hydrogens (tertiary/aromatic N) is 1. The van der Waals surface area contributed by atoms with Crippen molar-refractivity contribution in [3.63, 3.8) is 0 Å². The van der Waals surface area contributed by atoms with Gasteiger partial charge in [0.15, 0.2) is 0 Å². The van der Waals surface area contributed by atoms with Crippen LogP contribution >= 0.6 is 11.8 Å². The van der Waals surface area contributed by atoms with E-state index in [1.54, 1.807) is 55.1 Å². The quantitative estimate of drug-likeness (QED) is 0.714. The number of hydrogen-bond acceptors (Lipinski definition) is 5. The molecule has 1 N–H and O–H groups in total. The van der Waals surface area contributed by atoms with Crippen LogP contribution < -0.4 is 10.1 Å². The number of nitrogens with one attached hydrogen (secondary N) is 1. The molecule has 0 bridgehead atoms. The molecular weight excluding hydrogens is 340 g/mol. The number of carbonyl (C=O) groups excluding carboxylic acids is 2. The summed E-state index contributed by atoms with van der Waals surface area (Å²) >= 11 is 1.66.